The lowest BCUT2D eigenvalue weighted by molar-refractivity contribution is -0.138. The second-order valence-corrected chi connectivity index (χ2v) is 6.26. The van der Waals surface area contributed by atoms with Crippen molar-refractivity contribution in [2.75, 3.05) is 0 Å². The molecule has 0 saturated carbocycles. The van der Waals surface area contributed by atoms with Crippen molar-refractivity contribution < 1.29 is 18.3 Å². The average molecular weight is 209 g/mol. The maximum atomic E-state index is 11.4. The predicted octanol–water partition coefficient (Wildman–Crippen LogP) is 0.177. The van der Waals surface area contributed by atoms with Crippen molar-refractivity contribution in [2.45, 2.75) is 38.5 Å². The minimum Gasteiger partial charge on any atom is -0.480 e. The van der Waals surface area contributed by atoms with Gasteiger partial charge in [0.15, 0.2) is 0 Å². The van der Waals surface area contributed by atoms with E-state index in [0.717, 1.165) is 0 Å². The van der Waals surface area contributed by atoms with Crippen LogP contribution < -0.4 is 4.72 Å². The van der Waals surface area contributed by atoms with Crippen molar-refractivity contribution in [2.24, 2.45) is 0 Å². The van der Waals surface area contributed by atoms with Crippen LogP contribution in [0.2, 0.25) is 0 Å². The fraction of sp³-hybridized carbons (Fsp3) is 0.857. The van der Waals surface area contributed by atoms with Crippen molar-refractivity contribution in [1.29, 1.82) is 0 Å². The number of carbonyl (C=O) groups is 1. The molecule has 0 rings (SSSR count). The molecule has 0 radical (unpaired) electrons. The Labute approximate surface area is 78.2 Å². The third kappa shape index (κ3) is 3.31. The molecule has 0 aliphatic rings. The second-order valence-electron chi connectivity index (χ2n) is 3.79. The number of sulfonamides is 1. The van der Waals surface area contributed by atoms with E-state index in [1.54, 1.807) is 0 Å². The van der Waals surface area contributed by atoms with Crippen LogP contribution >= 0.6 is 0 Å². The van der Waals surface area contributed by atoms with E-state index in [9.17, 15) is 13.2 Å². The molecule has 0 bridgehead atoms. The van der Waals surface area contributed by atoms with Gasteiger partial charge in [-0.05, 0) is 27.7 Å². The fourth-order valence-corrected chi connectivity index (χ4v) is 1.38. The summed E-state index contributed by atoms with van der Waals surface area (Å²) in [6, 6.07) is -1.09. The van der Waals surface area contributed by atoms with E-state index < -0.39 is 26.8 Å². The molecule has 1 atom stereocenters. The predicted molar refractivity (Wildman–Crippen MR) is 48.9 cm³/mol. The zero-order chi connectivity index (χ0) is 10.9. The number of carboxylic acid groups (broad SMARTS) is 1. The van der Waals surface area contributed by atoms with Gasteiger partial charge in [-0.25, -0.2) is 13.1 Å². The maximum absolute atomic E-state index is 11.4. The van der Waals surface area contributed by atoms with Crippen LogP contribution in [0.15, 0.2) is 0 Å². The lowest BCUT2D eigenvalue weighted by Gasteiger charge is -2.21. The molecule has 13 heavy (non-hydrogen) atoms. The van der Waals surface area contributed by atoms with Crippen LogP contribution in [0.3, 0.4) is 0 Å². The quantitative estimate of drug-likeness (QED) is 0.694. The van der Waals surface area contributed by atoms with Gasteiger partial charge < -0.3 is 5.11 Å². The van der Waals surface area contributed by atoms with E-state index in [4.69, 9.17) is 5.11 Å². The number of nitrogens with one attached hydrogen (secondary N) is 1. The zero-order valence-corrected chi connectivity index (χ0v) is 8.97. The van der Waals surface area contributed by atoms with Gasteiger partial charge in [0.2, 0.25) is 10.0 Å². The van der Waals surface area contributed by atoms with Gasteiger partial charge in [-0.15, -0.1) is 0 Å². The molecule has 0 spiro atoms. The van der Waals surface area contributed by atoms with Gasteiger partial charge in [-0.1, -0.05) is 0 Å². The standard InChI is InChI=1S/C7H15NO4S/c1-5(6(9)10)8-13(11,12)7(2,3)4/h5,8H,1-4H3,(H,9,10)/t5-/m1/s1. The van der Waals surface area contributed by atoms with E-state index in [2.05, 4.69) is 4.72 Å². The number of carboxylic acids is 1. The molecule has 0 aromatic heterocycles. The molecule has 0 aromatic rings. The minimum absolute atomic E-state index is 0.989. The fourth-order valence-electron chi connectivity index (χ4n) is 0.460. The van der Waals surface area contributed by atoms with Crippen molar-refractivity contribution in [1.82, 2.24) is 4.72 Å². The van der Waals surface area contributed by atoms with Crippen LogP contribution in [0.4, 0.5) is 0 Å². The molecule has 0 heterocycles. The lowest BCUT2D eigenvalue weighted by Crippen LogP contribution is -2.46. The summed E-state index contributed by atoms with van der Waals surface area (Å²) in [7, 11) is -3.57. The summed E-state index contributed by atoms with van der Waals surface area (Å²) in [5.74, 6) is -1.19. The lowest BCUT2D eigenvalue weighted by atomic mass is 10.3. The second kappa shape index (κ2) is 3.63. The first-order chi connectivity index (χ1) is 5.58. The molecule has 0 fully saturated rings. The van der Waals surface area contributed by atoms with Gasteiger partial charge in [0.25, 0.3) is 0 Å². The van der Waals surface area contributed by atoms with Gasteiger partial charge in [0.1, 0.15) is 6.04 Å². The summed E-state index contributed by atoms with van der Waals surface area (Å²) in [6.07, 6.45) is 0. The van der Waals surface area contributed by atoms with E-state index in [1.165, 1.54) is 27.7 Å². The monoisotopic (exact) mass is 209 g/mol. The zero-order valence-electron chi connectivity index (χ0n) is 8.16. The molecule has 2 N–H and O–H groups in total. The largest absolute Gasteiger partial charge is 0.480 e. The Bertz CT molecular complexity index is 288. The summed E-state index contributed by atoms with van der Waals surface area (Å²) in [5, 5.41) is 8.48. The van der Waals surface area contributed by atoms with Crippen LogP contribution in [-0.2, 0) is 14.8 Å². The highest BCUT2D eigenvalue weighted by atomic mass is 32.2. The molecule has 5 nitrogen and oxygen atoms in total. The van der Waals surface area contributed by atoms with Crippen molar-refractivity contribution in [3.05, 3.63) is 0 Å². The molecule has 0 saturated heterocycles. The Morgan fingerprint density at radius 3 is 2.00 bits per heavy atom. The van der Waals surface area contributed by atoms with Crippen molar-refractivity contribution in [3.63, 3.8) is 0 Å². The Kier molecular flexibility index (Phi) is 3.46. The van der Waals surface area contributed by atoms with Crippen LogP contribution in [0.1, 0.15) is 27.7 Å². The maximum Gasteiger partial charge on any atom is 0.321 e. The van der Waals surface area contributed by atoms with Crippen molar-refractivity contribution in [3.8, 4) is 0 Å². The first kappa shape index (κ1) is 12.4. The van der Waals surface area contributed by atoms with Crippen LogP contribution in [0.25, 0.3) is 0 Å². The number of hydrogen-bond acceptors (Lipinski definition) is 3. The third-order valence-electron chi connectivity index (χ3n) is 1.51. The summed E-state index contributed by atoms with van der Waals surface area (Å²) >= 11 is 0. The van der Waals surface area contributed by atoms with Crippen LogP contribution in [-0.4, -0.2) is 30.3 Å². The van der Waals surface area contributed by atoms with Gasteiger partial charge in [-0.2, -0.15) is 0 Å². The molecule has 78 valence electrons. The minimum atomic E-state index is -3.57. The summed E-state index contributed by atoms with van der Waals surface area (Å²) in [6.45, 7) is 5.79. The highest BCUT2D eigenvalue weighted by Gasteiger charge is 2.31. The Morgan fingerprint density at radius 1 is 1.38 bits per heavy atom. The first-order valence-electron chi connectivity index (χ1n) is 3.82. The molecule has 0 amide bonds. The van der Waals surface area contributed by atoms with Crippen molar-refractivity contribution >= 4 is 16.0 Å². The van der Waals surface area contributed by atoms with E-state index >= 15 is 0 Å². The highest BCUT2D eigenvalue weighted by molar-refractivity contribution is 7.90. The highest BCUT2D eigenvalue weighted by Crippen LogP contribution is 2.13. The van der Waals surface area contributed by atoms with Gasteiger partial charge >= 0.3 is 5.97 Å². The number of hydrogen-bond donors (Lipinski definition) is 2. The molecule has 0 aromatic carbocycles. The normalized spacial score (nSPS) is 15.4. The van der Waals surface area contributed by atoms with Gasteiger partial charge in [0, 0.05) is 0 Å². The molecule has 0 unspecified atom stereocenters. The molecule has 6 heteroatoms. The Balaban J connectivity index is 4.64. The van der Waals surface area contributed by atoms with E-state index in [0.29, 0.717) is 0 Å². The molecule has 0 aliphatic heterocycles. The van der Waals surface area contributed by atoms with Gasteiger partial charge in [0.05, 0.1) is 4.75 Å². The van der Waals surface area contributed by atoms with E-state index in [1.807, 2.05) is 0 Å². The summed E-state index contributed by atoms with van der Waals surface area (Å²) in [4.78, 5) is 10.4. The summed E-state index contributed by atoms with van der Waals surface area (Å²) < 4.78 is 23.9. The Morgan fingerprint density at radius 2 is 1.77 bits per heavy atom. The third-order valence-corrected chi connectivity index (χ3v) is 3.78. The summed E-state index contributed by atoms with van der Waals surface area (Å²) in [5.41, 5.74) is 0. The van der Waals surface area contributed by atoms with Gasteiger partial charge in [-0.3, -0.25) is 4.79 Å². The van der Waals surface area contributed by atoms with Crippen LogP contribution in [0.5, 0.6) is 0 Å². The smallest absolute Gasteiger partial charge is 0.321 e. The molecular formula is C7H15NO4S. The number of rotatable bonds is 3. The average Bonchev–Trinajstić information content (AvgIpc) is 1.83. The SMILES string of the molecule is C[C@@H](NS(=O)(=O)C(C)(C)C)C(=O)O. The molecule has 0 aliphatic carbocycles. The van der Waals surface area contributed by atoms with Crippen LogP contribution in [0, 0.1) is 0 Å². The van der Waals surface area contributed by atoms with E-state index in [-0.39, 0.29) is 0 Å². The molecular weight excluding hydrogens is 194 g/mol. The number of aliphatic carboxylic acids is 1. The topological polar surface area (TPSA) is 83.5 Å². The first-order valence-corrected chi connectivity index (χ1v) is 5.31. The Hall–Kier alpha value is -0.620.